The van der Waals surface area contributed by atoms with Gasteiger partial charge in [-0.05, 0) is 43.9 Å². The Morgan fingerprint density at radius 3 is 2.53 bits per heavy atom. The van der Waals surface area contributed by atoms with Crippen LogP contribution in [-0.4, -0.2) is 23.7 Å². The van der Waals surface area contributed by atoms with E-state index < -0.39 is 0 Å². The van der Waals surface area contributed by atoms with Crippen molar-refractivity contribution in [3.05, 3.63) is 34.3 Å². The number of benzene rings is 1. The lowest BCUT2D eigenvalue weighted by molar-refractivity contribution is -0.130. The summed E-state index contributed by atoms with van der Waals surface area (Å²) in [5.41, 5.74) is 0.746. The highest BCUT2D eigenvalue weighted by molar-refractivity contribution is 9.10. The summed E-state index contributed by atoms with van der Waals surface area (Å²) in [5.74, 6) is 0.0988. The monoisotopic (exact) mass is 325 g/mol. The van der Waals surface area contributed by atoms with Crippen molar-refractivity contribution in [1.82, 2.24) is 5.32 Å². The fraction of sp³-hybridized carbons (Fsp3) is 0.533. The minimum atomic E-state index is -0.370. The fourth-order valence-electron chi connectivity index (χ4n) is 2.51. The van der Waals surface area contributed by atoms with Crippen molar-refractivity contribution >= 4 is 21.8 Å². The van der Waals surface area contributed by atoms with Gasteiger partial charge in [-0.15, -0.1) is 0 Å². The maximum absolute atomic E-state index is 12.4. The number of hydrogen-bond acceptors (Lipinski definition) is 2. The Morgan fingerprint density at radius 2 is 2.05 bits per heavy atom. The maximum atomic E-state index is 12.4. The molecular weight excluding hydrogens is 306 g/mol. The van der Waals surface area contributed by atoms with Crippen molar-refractivity contribution in [3.8, 4) is 0 Å². The van der Waals surface area contributed by atoms with Gasteiger partial charge in [0.2, 0.25) is 5.91 Å². The highest BCUT2D eigenvalue weighted by Gasteiger charge is 2.45. The molecule has 104 valence electrons. The third kappa shape index (κ3) is 3.18. The number of carbonyl (C=O) groups is 1. The van der Waals surface area contributed by atoms with E-state index in [1.165, 1.54) is 0 Å². The number of nitrogens with one attached hydrogen (secondary N) is 1. The molecule has 2 N–H and O–H groups in total. The number of aliphatic hydroxyl groups is 1. The zero-order chi connectivity index (χ0) is 13.9. The third-order valence-corrected chi connectivity index (χ3v) is 4.41. The van der Waals surface area contributed by atoms with E-state index in [0.717, 1.165) is 29.3 Å². The summed E-state index contributed by atoms with van der Waals surface area (Å²) in [7, 11) is 0. The molecule has 0 saturated heterocycles. The van der Waals surface area contributed by atoms with Crippen LogP contribution in [0.5, 0.6) is 0 Å². The van der Waals surface area contributed by atoms with Gasteiger partial charge in [0.1, 0.15) is 0 Å². The van der Waals surface area contributed by atoms with Gasteiger partial charge in [-0.2, -0.15) is 0 Å². The molecule has 4 heteroatoms. The lowest BCUT2D eigenvalue weighted by Gasteiger charge is -2.40. The Labute approximate surface area is 122 Å². The molecule has 1 amide bonds. The fourth-order valence-corrected chi connectivity index (χ4v) is 2.77. The summed E-state index contributed by atoms with van der Waals surface area (Å²) in [6, 6.07) is 8.02. The Morgan fingerprint density at radius 1 is 1.42 bits per heavy atom. The number of aliphatic hydroxyl groups excluding tert-OH is 1. The Hall–Kier alpha value is -0.870. The first-order valence-electron chi connectivity index (χ1n) is 6.77. The van der Waals surface area contributed by atoms with Gasteiger partial charge in [0, 0.05) is 11.0 Å². The molecule has 2 rings (SSSR count). The molecule has 1 unspecified atom stereocenters. The molecule has 1 aromatic carbocycles. The normalized spacial score (nSPS) is 18.5. The van der Waals surface area contributed by atoms with Crippen LogP contribution in [0.4, 0.5) is 0 Å². The summed E-state index contributed by atoms with van der Waals surface area (Å²) in [6.45, 7) is 2.27. The molecule has 19 heavy (non-hydrogen) atoms. The third-order valence-electron chi connectivity index (χ3n) is 3.89. The summed E-state index contributed by atoms with van der Waals surface area (Å²) < 4.78 is 1.03. The van der Waals surface area contributed by atoms with Crippen molar-refractivity contribution in [2.45, 2.75) is 44.1 Å². The average Bonchev–Trinajstić information content (AvgIpc) is 2.29. The van der Waals surface area contributed by atoms with Crippen LogP contribution in [0.2, 0.25) is 0 Å². The average molecular weight is 326 g/mol. The Balaban J connectivity index is 2.05. The van der Waals surface area contributed by atoms with Gasteiger partial charge in [0.05, 0.1) is 11.5 Å². The molecule has 1 saturated carbocycles. The lowest BCUT2D eigenvalue weighted by Crippen LogP contribution is -2.49. The summed E-state index contributed by atoms with van der Waals surface area (Å²) in [6.07, 6.45) is 3.15. The van der Waals surface area contributed by atoms with Gasteiger partial charge < -0.3 is 10.4 Å². The van der Waals surface area contributed by atoms with Crippen LogP contribution in [0.1, 0.15) is 38.2 Å². The highest BCUT2D eigenvalue weighted by atomic mass is 79.9. The topological polar surface area (TPSA) is 49.3 Å². The smallest absolute Gasteiger partial charge is 0.230 e. The Bertz CT molecular complexity index is 438. The first-order valence-corrected chi connectivity index (χ1v) is 7.56. The summed E-state index contributed by atoms with van der Waals surface area (Å²) in [5, 5.41) is 12.2. The number of halogens is 1. The second kappa shape index (κ2) is 6.06. The van der Waals surface area contributed by atoms with Crippen LogP contribution in [0, 0.1) is 0 Å². The molecule has 1 atom stereocenters. The number of rotatable bonds is 5. The van der Waals surface area contributed by atoms with Crippen molar-refractivity contribution in [1.29, 1.82) is 0 Å². The molecule has 0 aromatic heterocycles. The predicted molar refractivity (Wildman–Crippen MR) is 79.0 cm³/mol. The van der Waals surface area contributed by atoms with Crippen LogP contribution in [0.15, 0.2) is 28.7 Å². The highest BCUT2D eigenvalue weighted by Crippen LogP contribution is 2.44. The largest absolute Gasteiger partial charge is 0.393 e. The van der Waals surface area contributed by atoms with E-state index >= 15 is 0 Å². The molecule has 0 spiro atoms. The SMILES string of the molecule is CC(O)CCNC(=O)C1(c2ccc(Br)cc2)CCC1. The molecule has 0 aliphatic heterocycles. The van der Waals surface area contributed by atoms with Gasteiger partial charge in [-0.25, -0.2) is 0 Å². The van der Waals surface area contributed by atoms with E-state index in [0.29, 0.717) is 13.0 Å². The van der Waals surface area contributed by atoms with Crippen LogP contribution < -0.4 is 5.32 Å². The van der Waals surface area contributed by atoms with Gasteiger partial charge in [-0.1, -0.05) is 34.5 Å². The number of amides is 1. The standard InChI is InChI=1S/C15H20BrNO2/c1-11(18)7-10-17-14(19)15(8-2-9-15)12-3-5-13(16)6-4-12/h3-6,11,18H,2,7-10H2,1H3,(H,17,19). The van der Waals surface area contributed by atoms with Crippen LogP contribution in [-0.2, 0) is 10.2 Å². The molecular formula is C15H20BrNO2. The minimum Gasteiger partial charge on any atom is -0.393 e. The van der Waals surface area contributed by atoms with E-state index in [2.05, 4.69) is 21.2 Å². The minimum absolute atomic E-state index is 0.0988. The number of carbonyl (C=O) groups excluding carboxylic acids is 1. The van der Waals surface area contributed by atoms with E-state index in [1.54, 1.807) is 6.92 Å². The molecule has 1 aliphatic rings. The molecule has 0 heterocycles. The maximum Gasteiger partial charge on any atom is 0.230 e. The van der Waals surface area contributed by atoms with E-state index in [9.17, 15) is 9.90 Å². The second-order valence-corrected chi connectivity index (χ2v) is 6.25. The second-order valence-electron chi connectivity index (χ2n) is 5.34. The van der Waals surface area contributed by atoms with Gasteiger partial charge in [0.15, 0.2) is 0 Å². The Kier molecular flexibility index (Phi) is 4.63. The number of hydrogen-bond donors (Lipinski definition) is 2. The zero-order valence-electron chi connectivity index (χ0n) is 11.2. The van der Waals surface area contributed by atoms with Crippen LogP contribution >= 0.6 is 15.9 Å². The van der Waals surface area contributed by atoms with Crippen molar-refractivity contribution in [2.24, 2.45) is 0 Å². The van der Waals surface area contributed by atoms with Crippen molar-refractivity contribution < 1.29 is 9.90 Å². The molecule has 3 nitrogen and oxygen atoms in total. The molecule has 1 aromatic rings. The van der Waals surface area contributed by atoms with Gasteiger partial charge >= 0.3 is 0 Å². The zero-order valence-corrected chi connectivity index (χ0v) is 12.7. The van der Waals surface area contributed by atoms with Gasteiger partial charge in [-0.3, -0.25) is 4.79 Å². The molecule has 1 aliphatic carbocycles. The molecule has 0 bridgehead atoms. The predicted octanol–water partition coefficient (Wildman–Crippen LogP) is 2.76. The van der Waals surface area contributed by atoms with Crippen LogP contribution in [0.25, 0.3) is 0 Å². The lowest BCUT2D eigenvalue weighted by atomic mass is 9.64. The van der Waals surface area contributed by atoms with Crippen LogP contribution in [0.3, 0.4) is 0 Å². The summed E-state index contributed by atoms with van der Waals surface area (Å²) >= 11 is 3.42. The van der Waals surface area contributed by atoms with E-state index in [4.69, 9.17) is 0 Å². The molecule has 0 radical (unpaired) electrons. The van der Waals surface area contributed by atoms with Crippen molar-refractivity contribution in [3.63, 3.8) is 0 Å². The quantitative estimate of drug-likeness (QED) is 0.874. The summed E-state index contributed by atoms with van der Waals surface area (Å²) in [4.78, 5) is 12.4. The first-order chi connectivity index (χ1) is 9.04. The van der Waals surface area contributed by atoms with Crippen molar-refractivity contribution in [2.75, 3.05) is 6.54 Å². The van der Waals surface area contributed by atoms with E-state index in [-0.39, 0.29) is 17.4 Å². The molecule has 1 fully saturated rings. The van der Waals surface area contributed by atoms with Gasteiger partial charge in [0.25, 0.3) is 0 Å². The first kappa shape index (κ1) is 14.5. The van der Waals surface area contributed by atoms with E-state index in [1.807, 2.05) is 24.3 Å².